The van der Waals surface area contributed by atoms with Gasteiger partial charge in [0.25, 0.3) is 0 Å². The van der Waals surface area contributed by atoms with Crippen LogP contribution in [0.1, 0.15) is 29.7 Å². The molecule has 1 N–H and O–H groups in total. The number of benzene rings is 1. The van der Waals surface area contributed by atoms with E-state index in [1.54, 1.807) is 0 Å². The molecule has 0 atom stereocenters. The first-order chi connectivity index (χ1) is 10.5. The minimum Gasteiger partial charge on any atom is -0.469 e. The SMILES string of the molecule is COC(=O)CCCNC(=O)Cc1noc2cc(C)cc(C)c12. The average molecular weight is 304 g/mol. The molecule has 0 aliphatic rings. The first-order valence-corrected chi connectivity index (χ1v) is 7.20. The number of aryl methyl sites for hydroxylation is 2. The number of aromatic nitrogens is 1. The van der Waals surface area contributed by atoms with E-state index in [9.17, 15) is 9.59 Å². The molecule has 0 radical (unpaired) electrons. The number of hydrogen-bond acceptors (Lipinski definition) is 5. The number of fused-ring (bicyclic) bond motifs is 1. The van der Waals surface area contributed by atoms with Crippen molar-refractivity contribution in [1.29, 1.82) is 0 Å². The Morgan fingerprint density at radius 3 is 2.82 bits per heavy atom. The van der Waals surface area contributed by atoms with E-state index in [1.165, 1.54) is 7.11 Å². The van der Waals surface area contributed by atoms with Gasteiger partial charge in [0.15, 0.2) is 5.58 Å². The largest absolute Gasteiger partial charge is 0.469 e. The summed E-state index contributed by atoms with van der Waals surface area (Å²) in [5, 5.41) is 7.66. The van der Waals surface area contributed by atoms with E-state index >= 15 is 0 Å². The highest BCUT2D eigenvalue weighted by Gasteiger charge is 2.14. The number of amides is 1. The zero-order chi connectivity index (χ0) is 16.1. The fraction of sp³-hybridized carbons (Fsp3) is 0.438. The topological polar surface area (TPSA) is 81.4 Å². The van der Waals surface area contributed by atoms with Crippen LogP contribution in [-0.2, 0) is 20.7 Å². The third kappa shape index (κ3) is 3.84. The van der Waals surface area contributed by atoms with Gasteiger partial charge in [0.05, 0.1) is 13.5 Å². The lowest BCUT2D eigenvalue weighted by Gasteiger charge is -2.04. The molecule has 22 heavy (non-hydrogen) atoms. The molecule has 6 heteroatoms. The fourth-order valence-electron chi connectivity index (χ4n) is 2.42. The second kappa shape index (κ2) is 7.06. The zero-order valence-electron chi connectivity index (χ0n) is 13.1. The molecule has 0 saturated carbocycles. The van der Waals surface area contributed by atoms with Gasteiger partial charge in [-0.25, -0.2) is 0 Å². The lowest BCUT2D eigenvalue weighted by atomic mass is 10.0. The number of nitrogens with zero attached hydrogens (tertiary/aromatic N) is 1. The van der Waals surface area contributed by atoms with E-state index in [1.807, 2.05) is 26.0 Å². The van der Waals surface area contributed by atoms with Gasteiger partial charge in [-0.3, -0.25) is 9.59 Å². The summed E-state index contributed by atoms with van der Waals surface area (Å²) < 4.78 is 9.83. The summed E-state index contributed by atoms with van der Waals surface area (Å²) in [6, 6.07) is 3.95. The van der Waals surface area contributed by atoms with Crippen molar-refractivity contribution in [3.05, 3.63) is 29.0 Å². The third-order valence-electron chi connectivity index (χ3n) is 3.42. The van der Waals surface area contributed by atoms with E-state index in [4.69, 9.17) is 4.52 Å². The van der Waals surface area contributed by atoms with Crippen LogP contribution in [0.2, 0.25) is 0 Å². The van der Waals surface area contributed by atoms with Crippen LogP contribution in [0.25, 0.3) is 11.0 Å². The summed E-state index contributed by atoms with van der Waals surface area (Å²) in [7, 11) is 1.35. The Bertz CT molecular complexity index is 691. The Labute approximate surface area is 128 Å². The monoisotopic (exact) mass is 304 g/mol. The first kappa shape index (κ1) is 16.0. The molecule has 0 aliphatic heterocycles. The minimum absolute atomic E-state index is 0.139. The summed E-state index contributed by atoms with van der Waals surface area (Å²) in [6.45, 7) is 4.40. The Hall–Kier alpha value is -2.37. The number of nitrogens with one attached hydrogen (secondary N) is 1. The van der Waals surface area contributed by atoms with Crippen LogP contribution in [0.4, 0.5) is 0 Å². The molecule has 0 saturated heterocycles. The molecule has 0 fully saturated rings. The quantitative estimate of drug-likeness (QED) is 0.652. The summed E-state index contributed by atoms with van der Waals surface area (Å²) in [6.07, 6.45) is 1.01. The van der Waals surface area contributed by atoms with Crippen molar-refractivity contribution >= 4 is 22.8 Å². The molecule has 2 aromatic rings. The second-order valence-electron chi connectivity index (χ2n) is 5.29. The number of esters is 1. The van der Waals surface area contributed by atoms with E-state index in [2.05, 4.69) is 15.2 Å². The lowest BCUT2D eigenvalue weighted by molar-refractivity contribution is -0.140. The van der Waals surface area contributed by atoms with Crippen LogP contribution >= 0.6 is 0 Å². The van der Waals surface area contributed by atoms with Crippen molar-refractivity contribution in [2.45, 2.75) is 33.1 Å². The van der Waals surface area contributed by atoms with Gasteiger partial charge < -0.3 is 14.6 Å². The molecule has 118 valence electrons. The van der Waals surface area contributed by atoms with Gasteiger partial charge in [0.1, 0.15) is 5.69 Å². The van der Waals surface area contributed by atoms with Crippen LogP contribution < -0.4 is 5.32 Å². The number of carbonyl (C=O) groups is 2. The van der Waals surface area contributed by atoms with Crippen molar-refractivity contribution in [2.75, 3.05) is 13.7 Å². The van der Waals surface area contributed by atoms with Gasteiger partial charge in [-0.1, -0.05) is 11.2 Å². The predicted molar refractivity (Wildman–Crippen MR) is 81.4 cm³/mol. The number of methoxy groups -OCH3 is 1. The van der Waals surface area contributed by atoms with Crippen molar-refractivity contribution in [2.24, 2.45) is 0 Å². The van der Waals surface area contributed by atoms with Gasteiger partial charge in [-0.2, -0.15) is 0 Å². The molecule has 2 rings (SSSR count). The summed E-state index contributed by atoms with van der Waals surface area (Å²) in [4.78, 5) is 22.9. The van der Waals surface area contributed by atoms with Crippen LogP contribution in [0.3, 0.4) is 0 Å². The normalized spacial score (nSPS) is 10.7. The van der Waals surface area contributed by atoms with Gasteiger partial charge in [-0.05, 0) is 37.5 Å². The predicted octanol–water partition coefficient (Wildman–Crippen LogP) is 2.06. The van der Waals surface area contributed by atoms with Crippen molar-refractivity contribution < 1.29 is 18.8 Å². The third-order valence-corrected chi connectivity index (χ3v) is 3.42. The number of ether oxygens (including phenoxy) is 1. The molecular weight excluding hydrogens is 284 g/mol. The van der Waals surface area contributed by atoms with Gasteiger partial charge in [-0.15, -0.1) is 0 Å². The Kier molecular flexibility index (Phi) is 5.14. The van der Waals surface area contributed by atoms with Gasteiger partial charge >= 0.3 is 5.97 Å². The highest BCUT2D eigenvalue weighted by atomic mass is 16.5. The Balaban J connectivity index is 1.93. The van der Waals surface area contributed by atoms with Gasteiger partial charge in [0, 0.05) is 18.4 Å². The van der Waals surface area contributed by atoms with E-state index in [0.717, 1.165) is 16.5 Å². The molecule has 0 spiro atoms. The minimum atomic E-state index is -0.275. The number of rotatable bonds is 6. The summed E-state index contributed by atoms with van der Waals surface area (Å²) in [5.41, 5.74) is 3.48. The number of carbonyl (C=O) groups excluding carboxylic acids is 2. The van der Waals surface area contributed by atoms with E-state index in [-0.39, 0.29) is 18.3 Å². The maximum Gasteiger partial charge on any atom is 0.305 e. The highest BCUT2D eigenvalue weighted by molar-refractivity contribution is 5.88. The average Bonchev–Trinajstić information content (AvgIpc) is 2.86. The Morgan fingerprint density at radius 1 is 1.32 bits per heavy atom. The smallest absolute Gasteiger partial charge is 0.305 e. The van der Waals surface area contributed by atoms with Gasteiger partial charge in [0.2, 0.25) is 5.91 Å². The molecule has 0 unspecified atom stereocenters. The number of hydrogen-bond donors (Lipinski definition) is 1. The standard InChI is InChI=1S/C16H20N2O4/c1-10-7-11(2)16-12(18-22-13(16)8-10)9-14(19)17-6-4-5-15(20)21-3/h7-8H,4-6,9H2,1-3H3,(H,17,19). The Morgan fingerprint density at radius 2 is 2.09 bits per heavy atom. The van der Waals surface area contributed by atoms with Crippen LogP contribution in [0.5, 0.6) is 0 Å². The van der Waals surface area contributed by atoms with Crippen LogP contribution in [0, 0.1) is 13.8 Å². The van der Waals surface area contributed by atoms with Crippen LogP contribution in [-0.4, -0.2) is 30.7 Å². The summed E-state index contributed by atoms with van der Waals surface area (Å²) in [5.74, 6) is -0.414. The highest BCUT2D eigenvalue weighted by Crippen LogP contribution is 2.24. The van der Waals surface area contributed by atoms with E-state index in [0.29, 0.717) is 30.7 Å². The van der Waals surface area contributed by atoms with Crippen molar-refractivity contribution in [3.8, 4) is 0 Å². The molecule has 1 aromatic heterocycles. The van der Waals surface area contributed by atoms with Crippen molar-refractivity contribution in [3.63, 3.8) is 0 Å². The fourth-order valence-corrected chi connectivity index (χ4v) is 2.42. The summed E-state index contributed by atoms with van der Waals surface area (Å²) >= 11 is 0. The molecule has 0 bridgehead atoms. The van der Waals surface area contributed by atoms with E-state index < -0.39 is 0 Å². The second-order valence-corrected chi connectivity index (χ2v) is 5.29. The molecule has 0 aliphatic carbocycles. The molecule has 1 heterocycles. The zero-order valence-corrected chi connectivity index (χ0v) is 13.1. The van der Waals surface area contributed by atoms with Crippen molar-refractivity contribution in [1.82, 2.24) is 10.5 Å². The first-order valence-electron chi connectivity index (χ1n) is 7.20. The van der Waals surface area contributed by atoms with Crippen LogP contribution in [0.15, 0.2) is 16.7 Å². The molecule has 1 aromatic carbocycles. The molecule has 1 amide bonds. The lowest BCUT2D eigenvalue weighted by Crippen LogP contribution is -2.26. The molecular formula is C16H20N2O4. The molecule has 6 nitrogen and oxygen atoms in total. The maximum atomic E-state index is 11.9. The maximum absolute atomic E-state index is 11.9.